The quantitative estimate of drug-likeness (QED) is 0.843. The Bertz CT molecular complexity index is 367. The van der Waals surface area contributed by atoms with E-state index in [1.165, 1.54) is 18.4 Å². The van der Waals surface area contributed by atoms with Gasteiger partial charge in [-0.1, -0.05) is 0 Å². The summed E-state index contributed by atoms with van der Waals surface area (Å²) in [6.07, 6.45) is 6.79. The van der Waals surface area contributed by atoms with Crippen molar-refractivity contribution >= 4 is 0 Å². The van der Waals surface area contributed by atoms with Gasteiger partial charge >= 0.3 is 0 Å². The maximum Gasteiger partial charge on any atom is 0.0826 e. The molecule has 4 heteroatoms. The summed E-state index contributed by atoms with van der Waals surface area (Å²) in [6, 6.07) is 4.95. The first-order chi connectivity index (χ1) is 8.92. The lowest BCUT2D eigenvalue weighted by atomic mass is 10.2. The second-order valence-electron chi connectivity index (χ2n) is 5.21. The summed E-state index contributed by atoms with van der Waals surface area (Å²) in [5, 5.41) is 3.47. The van der Waals surface area contributed by atoms with Crippen molar-refractivity contribution in [3.63, 3.8) is 0 Å². The monoisotopic (exact) mass is 247 g/mol. The minimum Gasteiger partial charge on any atom is -0.374 e. The van der Waals surface area contributed by atoms with Gasteiger partial charge in [0.1, 0.15) is 0 Å². The summed E-state index contributed by atoms with van der Waals surface area (Å²) in [5.74, 6) is 0. The molecule has 1 aromatic rings. The lowest BCUT2D eigenvalue weighted by Crippen LogP contribution is -2.47. The zero-order chi connectivity index (χ0) is 12.2. The first-order valence-corrected chi connectivity index (χ1v) is 6.87. The van der Waals surface area contributed by atoms with Crippen LogP contribution in [0.4, 0.5) is 0 Å². The average Bonchev–Trinajstić information content (AvgIpc) is 3.25. The largest absolute Gasteiger partial charge is 0.374 e. The zero-order valence-corrected chi connectivity index (χ0v) is 10.7. The summed E-state index contributed by atoms with van der Waals surface area (Å²) in [4.78, 5) is 6.61. The topological polar surface area (TPSA) is 37.4 Å². The summed E-state index contributed by atoms with van der Waals surface area (Å²) in [6.45, 7) is 4.93. The van der Waals surface area contributed by atoms with E-state index in [9.17, 15) is 0 Å². The van der Waals surface area contributed by atoms with Crippen molar-refractivity contribution in [2.45, 2.75) is 31.5 Å². The predicted molar refractivity (Wildman–Crippen MR) is 70.3 cm³/mol. The molecular formula is C14H21N3O. The van der Waals surface area contributed by atoms with Gasteiger partial charge in [-0.3, -0.25) is 9.88 Å². The molecule has 2 aliphatic rings. The number of hydrogen-bond acceptors (Lipinski definition) is 4. The highest BCUT2D eigenvalue weighted by molar-refractivity contribution is 5.09. The van der Waals surface area contributed by atoms with Crippen LogP contribution < -0.4 is 5.32 Å². The average molecular weight is 247 g/mol. The molecule has 4 nitrogen and oxygen atoms in total. The molecule has 3 rings (SSSR count). The van der Waals surface area contributed by atoms with E-state index in [4.69, 9.17) is 4.74 Å². The molecule has 1 N–H and O–H groups in total. The summed E-state index contributed by atoms with van der Waals surface area (Å²) >= 11 is 0. The first-order valence-electron chi connectivity index (χ1n) is 6.87. The van der Waals surface area contributed by atoms with Crippen LogP contribution in [0.5, 0.6) is 0 Å². The minimum atomic E-state index is 0.348. The number of nitrogens with zero attached hydrogens (tertiary/aromatic N) is 2. The highest BCUT2D eigenvalue weighted by Gasteiger charge is 2.32. The van der Waals surface area contributed by atoms with E-state index in [0.717, 1.165) is 38.8 Å². The normalized spacial score (nSPS) is 25.2. The Balaban J connectivity index is 1.40. The smallest absolute Gasteiger partial charge is 0.0826 e. The van der Waals surface area contributed by atoms with Gasteiger partial charge in [0.05, 0.1) is 12.7 Å². The van der Waals surface area contributed by atoms with Gasteiger partial charge in [-0.05, 0) is 30.5 Å². The van der Waals surface area contributed by atoms with Crippen LogP contribution in [0, 0.1) is 0 Å². The van der Waals surface area contributed by atoms with Gasteiger partial charge in [0.15, 0.2) is 0 Å². The standard InChI is InChI=1S/C14H21N3O/c1-2-13(1)17-7-8-18-14(11-17)10-16-9-12-3-5-15-6-4-12/h3-6,13-14,16H,1-2,7-11H2/t14-/m0/s1. The van der Waals surface area contributed by atoms with Gasteiger partial charge in [0.25, 0.3) is 0 Å². The fourth-order valence-electron chi connectivity index (χ4n) is 2.52. The third kappa shape index (κ3) is 3.28. The fraction of sp³-hybridized carbons (Fsp3) is 0.643. The van der Waals surface area contributed by atoms with Crippen LogP contribution in [0.1, 0.15) is 18.4 Å². The number of nitrogens with one attached hydrogen (secondary N) is 1. The van der Waals surface area contributed by atoms with E-state index < -0.39 is 0 Å². The lowest BCUT2D eigenvalue weighted by molar-refractivity contribution is -0.0301. The Labute approximate surface area is 108 Å². The molecule has 1 saturated heterocycles. The summed E-state index contributed by atoms with van der Waals surface area (Å²) in [5.41, 5.74) is 1.28. The second kappa shape index (κ2) is 5.78. The SMILES string of the molecule is c1cc(CNC[C@H]2CN(C3CC3)CCO2)ccn1. The van der Waals surface area contributed by atoms with Crippen LogP contribution >= 0.6 is 0 Å². The van der Waals surface area contributed by atoms with Crippen molar-refractivity contribution in [2.24, 2.45) is 0 Å². The van der Waals surface area contributed by atoms with Crippen molar-refractivity contribution < 1.29 is 4.74 Å². The number of morpholine rings is 1. The molecule has 18 heavy (non-hydrogen) atoms. The van der Waals surface area contributed by atoms with E-state index >= 15 is 0 Å². The molecule has 98 valence electrons. The van der Waals surface area contributed by atoms with Gasteiger partial charge < -0.3 is 10.1 Å². The molecule has 1 aromatic heterocycles. The fourth-order valence-corrected chi connectivity index (χ4v) is 2.52. The van der Waals surface area contributed by atoms with Crippen molar-refractivity contribution in [1.82, 2.24) is 15.2 Å². The molecule has 1 atom stereocenters. The van der Waals surface area contributed by atoms with E-state index in [-0.39, 0.29) is 0 Å². The zero-order valence-electron chi connectivity index (χ0n) is 10.7. The minimum absolute atomic E-state index is 0.348. The number of pyridine rings is 1. The molecule has 2 heterocycles. The van der Waals surface area contributed by atoms with Gasteiger partial charge in [-0.15, -0.1) is 0 Å². The van der Waals surface area contributed by atoms with Crippen molar-refractivity contribution in [2.75, 3.05) is 26.2 Å². The lowest BCUT2D eigenvalue weighted by Gasteiger charge is -2.33. The number of aromatic nitrogens is 1. The Morgan fingerprint density at radius 3 is 2.94 bits per heavy atom. The molecule has 1 saturated carbocycles. The molecular weight excluding hydrogens is 226 g/mol. The predicted octanol–water partition coefficient (Wildman–Crippen LogP) is 1.03. The summed E-state index contributed by atoms with van der Waals surface area (Å²) < 4.78 is 5.81. The van der Waals surface area contributed by atoms with Gasteiger partial charge in [-0.25, -0.2) is 0 Å². The van der Waals surface area contributed by atoms with Crippen molar-refractivity contribution in [1.29, 1.82) is 0 Å². The molecule has 0 unspecified atom stereocenters. The van der Waals surface area contributed by atoms with Gasteiger partial charge in [0, 0.05) is 44.6 Å². The third-order valence-corrected chi connectivity index (χ3v) is 3.68. The van der Waals surface area contributed by atoms with Gasteiger partial charge in [0.2, 0.25) is 0 Å². The third-order valence-electron chi connectivity index (χ3n) is 3.68. The molecule has 1 aliphatic carbocycles. The highest BCUT2D eigenvalue weighted by atomic mass is 16.5. The number of ether oxygens (including phenoxy) is 1. The molecule has 0 bridgehead atoms. The Morgan fingerprint density at radius 1 is 1.33 bits per heavy atom. The first kappa shape index (κ1) is 12.1. The Hall–Kier alpha value is -0.970. The number of hydrogen-bond donors (Lipinski definition) is 1. The summed E-state index contributed by atoms with van der Waals surface area (Å²) in [7, 11) is 0. The Kier molecular flexibility index (Phi) is 3.88. The van der Waals surface area contributed by atoms with Crippen molar-refractivity contribution in [3.8, 4) is 0 Å². The van der Waals surface area contributed by atoms with Crippen LogP contribution in [-0.2, 0) is 11.3 Å². The van der Waals surface area contributed by atoms with Crippen molar-refractivity contribution in [3.05, 3.63) is 30.1 Å². The van der Waals surface area contributed by atoms with Crippen LogP contribution in [-0.4, -0.2) is 48.3 Å². The molecule has 1 aliphatic heterocycles. The Morgan fingerprint density at radius 2 is 2.17 bits per heavy atom. The number of rotatable bonds is 5. The van der Waals surface area contributed by atoms with E-state index in [1.54, 1.807) is 0 Å². The van der Waals surface area contributed by atoms with Gasteiger partial charge in [-0.2, -0.15) is 0 Å². The maximum absolute atomic E-state index is 5.81. The molecule has 0 aromatic carbocycles. The van der Waals surface area contributed by atoms with Crippen LogP contribution in [0.3, 0.4) is 0 Å². The van der Waals surface area contributed by atoms with E-state index in [0.29, 0.717) is 6.10 Å². The van der Waals surface area contributed by atoms with E-state index in [2.05, 4.69) is 15.2 Å². The molecule has 2 fully saturated rings. The maximum atomic E-state index is 5.81. The molecule has 0 spiro atoms. The van der Waals surface area contributed by atoms with E-state index in [1.807, 2.05) is 24.5 Å². The molecule has 0 radical (unpaired) electrons. The van der Waals surface area contributed by atoms with Crippen LogP contribution in [0.15, 0.2) is 24.5 Å². The molecule has 0 amide bonds. The van der Waals surface area contributed by atoms with Crippen LogP contribution in [0.25, 0.3) is 0 Å². The second-order valence-corrected chi connectivity index (χ2v) is 5.21. The van der Waals surface area contributed by atoms with Crippen LogP contribution in [0.2, 0.25) is 0 Å². The highest BCUT2D eigenvalue weighted by Crippen LogP contribution is 2.28.